The number of morpholine rings is 1. The number of nitrogens with zero attached hydrogens (tertiary/aromatic N) is 3. The van der Waals surface area contributed by atoms with Crippen LogP contribution in [0.4, 0.5) is 0 Å². The number of amides is 2. The lowest BCUT2D eigenvalue weighted by Crippen LogP contribution is -2.54. The lowest BCUT2D eigenvalue weighted by Gasteiger charge is -2.42. The van der Waals surface area contributed by atoms with Crippen LogP contribution < -0.4 is 0 Å². The molecule has 2 aliphatic heterocycles. The molecule has 2 heterocycles. The van der Waals surface area contributed by atoms with Crippen LogP contribution in [0.15, 0.2) is 0 Å². The fraction of sp³-hybridized carbons (Fsp3) is 0.905. The minimum atomic E-state index is 0.223. The molecule has 2 saturated heterocycles. The molecule has 4 rings (SSSR count). The van der Waals surface area contributed by atoms with Crippen molar-refractivity contribution in [1.29, 1.82) is 0 Å². The molecule has 4 fully saturated rings. The van der Waals surface area contributed by atoms with Crippen LogP contribution in [0.1, 0.15) is 51.4 Å². The van der Waals surface area contributed by atoms with Gasteiger partial charge < -0.3 is 14.5 Å². The van der Waals surface area contributed by atoms with Crippen molar-refractivity contribution in [2.24, 2.45) is 11.8 Å². The summed E-state index contributed by atoms with van der Waals surface area (Å²) in [7, 11) is 0. The van der Waals surface area contributed by atoms with Gasteiger partial charge in [0.15, 0.2) is 0 Å². The Kier molecular flexibility index (Phi) is 6.33. The zero-order valence-electron chi connectivity index (χ0n) is 16.6. The van der Waals surface area contributed by atoms with Gasteiger partial charge in [-0.15, -0.1) is 0 Å². The third-order valence-electron chi connectivity index (χ3n) is 6.79. The van der Waals surface area contributed by atoms with Crippen LogP contribution in [-0.2, 0) is 14.3 Å². The Labute approximate surface area is 163 Å². The van der Waals surface area contributed by atoms with E-state index in [-0.39, 0.29) is 17.9 Å². The predicted octanol–water partition coefficient (Wildman–Crippen LogP) is 1.74. The number of likely N-dealkylation sites (tertiary alicyclic amines) is 1. The van der Waals surface area contributed by atoms with Crippen LogP contribution in [0.2, 0.25) is 0 Å². The lowest BCUT2D eigenvalue weighted by molar-refractivity contribution is -0.144. The summed E-state index contributed by atoms with van der Waals surface area (Å²) in [6.45, 7) is 7.17. The van der Waals surface area contributed by atoms with Gasteiger partial charge in [-0.2, -0.15) is 0 Å². The van der Waals surface area contributed by atoms with Gasteiger partial charge in [0, 0.05) is 57.1 Å². The van der Waals surface area contributed by atoms with Gasteiger partial charge in [-0.3, -0.25) is 14.5 Å². The van der Waals surface area contributed by atoms with Gasteiger partial charge in [0.05, 0.1) is 13.2 Å². The van der Waals surface area contributed by atoms with Crippen LogP contribution in [0.3, 0.4) is 0 Å². The second kappa shape index (κ2) is 8.91. The molecule has 4 aliphatic rings. The van der Waals surface area contributed by atoms with Crippen molar-refractivity contribution in [1.82, 2.24) is 14.7 Å². The summed E-state index contributed by atoms with van der Waals surface area (Å²) in [5.41, 5.74) is 0. The highest BCUT2D eigenvalue weighted by molar-refractivity contribution is 5.82. The molecule has 0 radical (unpaired) electrons. The van der Waals surface area contributed by atoms with Gasteiger partial charge in [-0.05, 0) is 44.9 Å². The van der Waals surface area contributed by atoms with Crippen LogP contribution in [0, 0.1) is 11.8 Å². The average molecular weight is 378 g/mol. The van der Waals surface area contributed by atoms with E-state index in [0.717, 1.165) is 97.4 Å². The van der Waals surface area contributed by atoms with E-state index in [1.165, 1.54) is 6.42 Å². The Bertz CT molecular complexity index is 527. The quantitative estimate of drug-likeness (QED) is 0.678. The van der Waals surface area contributed by atoms with Crippen molar-refractivity contribution in [3.8, 4) is 0 Å². The largest absolute Gasteiger partial charge is 0.379 e. The van der Waals surface area contributed by atoms with E-state index in [1.807, 2.05) is 0 Å². The van der Waals surface area contributed by atoms with Gasteiger partial charge in [0.1, 0.15) is 0 Å². The molecule has 2 amide bonds. The summed E-state index contributed by atoms with van der Waals surface area (Å²) >= 11 is 0. The highest BCUT2D eigenvalue weighted by Crippen LogP contribution is 2.34. The normalized spacial score (nSPS) is 27.3. The predicted molar refractivity (Wildman–Crippen MR) is 103 cm³/mol. The van der Waals surface area contributed by atoms with Crippen molar-refractivity contribution in [3.63, 3.8) is 0 Å². The molecule has 0 aromatic heterocycles. The number of hydrogen-bond acceptors (Lipinski definition) is 4. The summed E-state index contributed by atoms with van der Waals surface area (Å²) < 4.78 is 5.42. The third-order valence-corrected chi connectivity index (χ3v) is 6.79. The number of rotatable bonds is 7. The second-order valence-corrected chi connectivity index (χ2v) is 8.82. The molecule has 0 aromatic rings. The van der Waals surface area contributed by atoms with E-state index < -0.39 is 0 Å². The molecule has 0 N–H and O–H groups in total. The van der Waals surface area contributed by atoms with Gasteiger partial charge in [-0.1, -0.05) is 6.42 Å². The fourth-order valence-corrected chi connectivity index (χ4v) is 4.65. The maximum atomic E-state index is 13.0. The molecule has 152 valence electrons. The summed E-state index contributed by atoms with van der Waals surface area (Å²) in [5, 5.41) is 0. The minimum Gasteiger partial charge on any atom is -0.379 e. The minimum absolute atomic E-state index is 0.223. The van der Waals surface area contributed by atoms with Crippen molar-refractivity contribution in [3.05, 3.63) is 0 Å². The number of carbonyl (C=O) groups is 2. The summed E-state index contributed by atoms with van der Waals surface area (Å²) in [4.78, 5) is 32.3. The fourth-order valence-electron chi connectivity index (χ4n) is 4.65. The molecule has 6 nitrogen and oxygen atoms in total. The first kappa shape index (κ1) is 19.2. The number of piperidine rings is 1. The van der Waals surface area contributed by atoms with Gasteiger partial charge in [0.2, 0.25) is 11.8 Å². The Balaban J connectivity index is 1.32. The monoisotopic (exact) mass is 377 g/mol. The van der Waals surface area contributed by atoms with E-state index in [0.29, 0.717) is 11.8 Å². The maximum absolute atomic E-state index is 13.0. The molecule has 6 heteroatoms. The first-order valence-electron chi connectivity index (χ1n) is 11.1. The summed E-state index contributed by atoms with van der Waals surface area (Å²) in [6, 6.07) is 0.223. The molecule has 0 spiro atoms. The van der Waals surface area contributed by atoms with Crippen molar-refractivity contribution in [2.75, 3.05) is 52.5 Å². The molecule has 1 atom stereocenters. The average Bonchev–Trinajstić information content (AvgIpc) is 3.49. The first-order valence-corrected chi connectivity index (χ1v) is 11.1. The molecule has 27 heavy (non-hydrogen) atoms. The molecule has 2 saturated carbocycles. The highest BCUT2D eigenvalue weighted by Gasteiger charge is 2.39. The van der Waals surface area contributed by atoms with Crippen molar-refractivity contribution < 1.29 is 14.3 Å². The maximum Gasteiger partial charge on any atom is 0.225 e. The van der Waals surface area contributed by atoms with E-state index in [1.54, 1.807) is 0 Å². The Hall–Kier alpha value is -1.14. The second-order valence-electron chi connectivity index (χ2n) is 8.82. The third kappa shape index (κ3) is 4.83. The summed E-state index contributed by atoms with van der Waals surface area (Å²) in [6.07, 6.45) is 8.51. The number of carbonyl (C=O) groups excluding carboxylic acids is 2. The van der Waals surface area contributed by atoms with Crippen LogP contribution in [0.5, 0.6) is 0 Å². The van der Waals surface area contributed by atoms with Crippen LogP contribution >= 0.6 is 0 Å². The van der Waals surface area contributed by atoms with E-state index in [4.69, 9.17) is 4.74 Å². The zero-order chi connectivity index (χ0) is 18.6. The van der Waals surface area contributed by atoms with Gasteiger partial charge >= 0.3 is 0 Å². The van der Waals surface area contributed by atoms with Crippen LogP contribution in [0.25, 0.3) is 0 Å². The molecule has 0 bridgehead atoms. The van der Waals surface area contributed by atoms with Crippen LogP contribution in [-0.4, -0.2) is 85.0 Å². The molecule has 0 aromatic carbocycles. The van der Waals surface area contributed by atoms with Gasteiger partial charge in [-0.25, -0.2) is 0 Å². The van der Waals surface area contributed by atoms with E-state index in [2.05, 4.69) is 14.7 Å². The summed E-state index contributed by atoms with van der Waals surface area (Å²) in [5.74, 6) is 1.21. The Morgan fingerprint density at radius 2 is 1.70 bits per heavy atom. The zero-order valence-corrected chi connectivity index (χ0v) is 16.6. The number of hydrogen-bond donors (Lipinski definition) is 0. The highest BCUT2D eigenvalue weighted by atomic mass is 16.5. The lowest BCUT2D eigenvalue weighted by atomic mass is 9.84. The van der Waals surface area contributed by atoms with E-state index >= 15 is 0 Å². The van der Waals surface area contributed by atoms with Crippen molar-refractivity contribution >= 4 is 11.8 Å². The molecular formula is C21H35N3O3. The molecule has 2 aliphatic carbocycles. The van der Waals surface area contributed by atoms with Crippen molar-refractivity contribution in [2.45, 2.75) is 57.4 Å². The molecular weight excluding hydrogens is 342 g/mol. The number of ether oxygens (including phenoxy) is 1. The topological polar surface area (TPSA) is 53.1 Å². The SMILES string of the molecule is O=C(C1CCC1)N1CCCC(N(CCCN2CCOCC2)C(=O)C2CC2)C1. The van der Waals surface area contributed by atoms with E-state index in [9.17, 15) is 9.59 Å². The first-order chi connectivity index (χ1) is 13.2. The standard InChI is InChI=1S/C21H35N3O3/c25-20(17-4-1-5-17)23-10-2-6-19(16-23)24(21(26)18-7-8-18)11-3-9-22-12-14-27-15-13-22/h17-19H,1-16H2. The Morgan fingerprint density at radius 1 is 0.926 bits per heavy atom. The Morgan fingerprint density at radius 3 is 2.37 bits per heavy atom. The molecule has 1 unspecified atom stereocenters. The van der Waals surface area contributed by atoms with Gasteiger partial charge in [0.25, 0.3) is 0 Å². The smallest absolute Gasteiger partial charge is 0.225 e.